The first-order chi connectivity index (χ1) is 13.2. The van der Waals surface area contributed by atoms with Crippen molar-refractivity contribution in [2.45, 2.75) is 25.4 Å². The molecule has 1 fully saturated rings. The summed E-state index contributed by atoms with van der Waals surface area (Å²) in [6, 6.07) is 11.9. The molecule has 0 unspecified atom stereocenters. The number of carbonyl (C=O) groups is 1. The standard InChI is InChI=1S/C20H24N4O2S/c1-23(14-19-22-15-7-2-3-9-18(15)27-19)20(25)21-13-16(17-8-6-12-26-17)24-10-4-5-11-24/h2-3,6-9,12,16H,4-5,10-11,13-14H2,1H3,(H,21,25)/t16-/m0/s1. The molecule has 0 bridgehead atoms. The number of aromatic nitrogens is 1. The third-order valence-corrected chi connectivity index (χ3v) is 5.98. The Labute approximate surface area is 162 Å². The molecule has 3 heterocycles. The Morgan fingerprint density at radius 2 is 2.11 bits per heavy atom. The minimum atomic E-state index is -0.0926. The summed E-state index contributed by atoms with van der Waals surface area (Å²) in [5.41, 5.74) is 0.984. The van der Waals surface area contributed by atoms with Gasteiger partial charge in [-0.3, -0.25) is 4.90 Å². The second kappa shape index (κ2) is 8.10. The van der Waals surface area contributed by atoms with E-state index in [4.69, 9.17) is 4.42 Å². The van der Waals surface area contributed by atoms with Gasteiger partial charge in [-0.1, -0.05) is 12.1 Å². The Kier molecular flexibility index (Phi) is 5.40. The average molecular weight is 385 g/mol. The van der Waals surface area contributed by atoms with Gasteiger partial charge in [0.05, 0.1) is 29.1 Å². The van der Waals surface area contributed by atoms with Crippen molar-refractivity contribution in [3.05, 3.63) is 53.4 Å². The lowest BCUT2D eigenvalue weighted by molar-refractivity contribution is 0.187. The lowest BCUT2D eigenvalue weighted by Crippen LogP contribution is -2.42. The SMILES string of the molecule is CN(Cc1nc2ccccc2s1)C(=O)NC[C@@H](c1ccco1)N1CCCC1. The molecule has 0 spiro atoms. The number of benzene rings is 1. The summed E-state index contributed by atoms with van der Waals surface area (Å²) in [4.78, 5) is 21.3. The number of hydrogen-bond acceptors (Lipinski definition) is 5. The van der Waals surface area contributed by atoms with Crippen LogP contribution in [0.3, 0.4) is 0 Å². The van der Waals surface area contributed by atoms with Gasteiger partial charge in [0.15, 0.2) is 0 Å². The van der Waals surface area contributed by atoms with Crippen molar-refractivity contribution in [2.24, 2.45) is 0 Å². The molecule has 142 valence electrons. The van der Waals surface area contributed by atoms with Crippen molar-refractivity contribution >= 4 is 27.6 Å². The summed E-state index contributed by atoms with van der Waals surface area (Å²) in [7, 11) is 1.80. The summed E-state index contributed by atoms with van der Waals surface area (Å²) in [5, 5.41) is 4.00. The van der Waals surface area contributed by atoms with E-state index in [1.165, 1.54) is 12.8 Å². The molecule has 6 nitrogen and oxygen atoms in total. The summed E-state index contributed by atoms with van der Waals surface area (Å²) >= 11 is 1.63. The predicted octanol–water partition coefficient (Wildman–Crippen LogP) is 3.87. The van der Waals surface area contributed by atoms with E-state index in [0.717, 1.165) is 34.1 Å². The average Bonchev–Trinajstić information content (AvgIpc) is 3.43. The quantitative estimate of drug-likeness (QED) is 0.701. The van der Waals surface area contributed by atoms with Gasteiger partial charge in [-0.05, 0) is 50.2 Å². The second-order valence-corrected chi connectivity index (χ2v) is 8.01. The number of rotatable bonds is 6. The molecule has 1 saturated heterocycles. The fourth-order valence-corrected chi connectivity index (χ4v) is 4.55. The van der Waals surface area contributed by atoms with Crippen molar-refractivity contribution in [1.82, 2.24) is 20.1 Å². The molecule has 1 aromatic carbocycles. The predicted molar refractivity (Wildman–Crippen MR) is 107 cm³/mol. The van der Waals surface area contributed by atoms with Crippen LogP contribution in [0.25, 0.3) is 10.2 Å². The van der Waals surface area contributed by atoms with E-state index < -0.39 is 0 Å². The molecule has 4 rings (SSSR count). The third-order valence-electron chi connectivity index (χ3n) is 4.96. The number of urea groups is 1. The van der Waals surface area contributed by atoms with Gasteiger partial charge in [0.2, 0.25) is 0 Å². The van der Waals surface area contributed by atoms with Crippen LogP contribution in [0.2, 0.25) is 0 Å². The highest BCUT2D eigenvalue weighted by atomic mass is 32.1. The van der Waals surface area contributed by atoms with Gasteiger partial charge in [-0.2, -0.15) is 0 Å². The zero-order valence-corrected chi connectivity index (χ0v) is 16.2. The number of carbonyl (C=O) groups excluding carboxylic acids is 1. The molecule has 1 N–H and O–H groups in total. The van der Waals surface area contributed by atoms with Crippen LogP contribution in [0.5, 0.6) is 0 Å². The summed E-state index contributed by atoms with van der Waals surface area (Å²) in [6.45, 7) is 3.13. The molecule has 3 aromatic rings. The van der Waals surface area contributed by atoms with Gasteiger partial charge in [0, 0.05) is 13.6 Å². The van der Waals surface area contributed by atoms with E-state index >= 15 is 0 Å². The van der Waals surface area contributed by atoms with E-state index in [2.05, 4.69) is 21.3 Å². The number of nitrogens with one attached hydrogen (secondary N) is 1. The van der Waals surface area contributed by atoms with E-state index in [1.807, 2.05) is 30.3 Å². The Hall–Kier alpha value is -2.38. The van der Waals surface area contributed by atoms with Crippen LogP contribution < -0.4 is 5.32 Å². The van der Waals surface area contributed by atoms with Crippen LogP contribution in [0, 0.1) is 0 Å². The normalized spacial score (nSPS) is 15.9. The second-order valence-electron chi connectivity index (χ2n) is 6.89. The highest BCUT2D eigenvalue weighted by molar-refractivity contribution is 7.18. The molecule has 1 aliphatic heterocycles. The van der Waals surface area contributed by atoms with Crippen molar-refractivity contribution in [1.29, 1.82) is 0 Å². The Morgan fingerprint density at radius 1 is 1.30 bits per heavy atom. The van der Waals surface area contributed by atoms with Gasteiger partial charge in [0.25, 0.3) is 0 Å². The third kappa shape index (κ3) is 4.14. The fourth-order valence-electron chi connectivity index (χ4n) is 3.52. The van der Waals surface area contributed by atoms with Crippen molar-refractivity contribution in [3.63, 3.8) is 0 Å². The zero-order chi connectivity index (χ0) is 18.6. The lowest BCUT2D eigenvalue weighted by atomic mass is 10.2. The first-order valence-corrected chi connectivity index (χ1v) is 10.1. The number of likely N-dealkylation sites (tertiary alicyclic amines) is 1. The van der Waals surface area contributed by atoms with Crippen molar-refractivity contribution < 1.29 is 9.21 Å². The number of thiazole rings is 1. The fraction of sp³-hybridized carbons (Fsp3) is 0.400. The monoisotopic (exact) mass is 384 g/mol. The molecule has 7 heteroatoms. The Morgan fingerprint density at radius 3 is 2.85 bits per heavy atom. The number of furan rings is 1. The Balaban J connectivity index is 1.37. The Bertz CT molecular complexity index is 853. The molecule has 2 aromatic heterocycles. The highest BCUT2D eigenvalue weighted by Gasteiger charge is 2.26. The molecule has 1 atom stereocenters. The molecule has 0 saturated carbocycles. The zero-order valence-electron chi connectivity index (χ0n) is 15.4. The van der Waals surface area contributed by atoms with Crippen molar-refractivity contribution in [2.75, 3.05) is 26.7 Å². The molecule has 0 radical (unpaired) electrons. The number of fused-ring (bicyclic) bond motifs is 1. The van der Waals surface area contributed by atoms with Gasteiger partial charge >= 0.3 is 6.03 Å². The number of nitrogens with zero attached hydrogens (tertiary/aromatic N) is 3. The first kappa shape index (κ1) is 18.0. The smallest absolute Gasteiger partial charge is 0.317 e. The maximum Gasteiger partial charge on any atom is 0.317 e. The van der Waals surface area contributed by atoms with E-state index in [0.29, 0.717) is 13.1 Å². The van der Waals surface area contributed by atoms with Crippen LogP contribution in [-0.2, 0) is 6.54 Å². The molecule has 0 aliphatic carbocycles. The number of hydrogen-bond donors (Lipinski definition) is 1. The van der Waals surface area contributed by atoms with Crippen LogP contribution in [-0.4, -0.2) is 47.5 Å². The summed E-state index contributed by atoms with van der Waals surface area (Å²) in [6.07, 6.45) is 4.09. The molecule has 1 aliphatic rings. The van der Waals surface area contributed by atoms with E-state index in [-0.39, 0.29) is 12.1 Å². The number of amides is 2. The van der Waals surface area contributed by atoms with E-state index in [1.54, 1.807) is 29.5 Å². The molecular weight excluding hydrogens is 360 g/mol. The van der Waals surface area contributed by atoms with Gasteiger partial charge < -0.3 is 14.6 Å². The summed E-state index contributed by atoms with van der Waals surface area (Å²) in [5.74, 6) is 0.908. The van der Waals surface area contributed by atoms with Crippen molar-refractivity contribution in [3.8, 4) is 0 Å². The van der Waals surface area contributed by atoms with Crippen LogP contribution in [0.1, 0.15) is 29.7 Å². The molecule has 27 heavy (non-hydrogen) atoms. The summed E-state index contributed by atoms with van der Waals surface area (Å²) < 4.78 is 6.76. The minimum Gasteiger partial charge on any atom is -0.468 e. The largest absolute Gasteiger partial charge is 0.468 e. The van der Waals surface area contributed by atoms with Crippen LogP contribution in [0.15, 0.2) is 47.1 Å². The maximum absolute atomic E-state index is 12.6. The van der Waals surface area contributed by atoms with Crippen LogP contribution >= 0.6 is 11.3 Å². The van der Waals surface area contributed by atoms with Gasteiger partial charge in [-0.15, -0.1) is 11.3 Å². The molecular formula is C20H24N4O2S. The minimum absolute atomic E-state index is 0.0855. The van der Waals surface area contributed by atoms with Gasteiger partial charge in [0.1, 0.15) is 10.8 Å². The van der Waals surface area contributed by atoms with Gasteiger partial charge in [-0.25, -0.2) is 9.78 Å². The van der Waals surface area contributed by atoms with Crippen LogP contribution in [0.4, 0.5) is 4.79 Å². The topological polar surface area (TPSA) is 61.6 Å². The maximum atomic E-state index is 12.6. The lowest BCUT2D eigenvalue weighted by Gasteiger charge is -2.27. The molecule has 2 amide bonds. The van der Waals surface area contributed by atoms with E-state index in [9.17, 15) is 4.79 Å². The number of para-hydroxylation sites is 1. The highest BCUT2D eigenvalue weighted by Crippen LogP contribution is 2.25. The first-order valence-electron chi connectivity index (χ1n) is 9.31.